The third-order valence-corrected chi connectivity index (χ3v) is 7.50. The quantitative estimate of drug-likeness (QED) is 0.841. The number of thioether (sulfide) groups is 1. The molecule has 0 bridgehead atoms. The molecule has 0 saturated carbocycles. The van der Waals surface area contributed by atoms with E-state index in [4.69, 9.17) is 0 Å². The van der Waals surface area contributed by atoms with Gasteiger partial charge in [0.05, 0.1) is 5.37 Å². The molecular formula is C12H22N2O4S2. The Labute approximate surface area is 124 Å². The van der Waals surface area contributed by atoms with Crippen molar-refractivity contribution in [3.63, 3.8) is 0 Å². The summed E-state index contributed by atoms with van der Waals surface area (Å²) in [6.07, 6.45) is 2.49. The normalized spacial score (nSPS) is 33.4. The number of aliphatic carboxylic acids is 1. The Balaban J connectivity index is 2.27. The molecule has 6 nitrogen and oxygen atoms in total. The molecule has 20 heavy (non-hydrogen) atoms. The Morgan fingerprint density at radius 1 is 1.45 bits per heavy atom. The first-order valence-corrected chi connectivity index (χ1v) is 9.45. The third-order valence-electron chi connectivity index (χ3n) is 3.88. The third kappa shape index (κ3) is 2.98. The number of carboxylic acid groups (broad SMARTS) is 1. The van der Waals surface area contributed by atoms with Crippen molar-refractivity contribution in [3.05, 3.63) is 0 Å². The van der Waals surface area contributed by atoms with E-state index in [-0.39, 0.29) is 5.37 Å². The molecule has 0 aromatic rings. The monoisotopic (exact) mass is 322 g/mol. The average molecular weight is 322 g/mol. The van der Waals surface area contributed by atoms with Crippen LogP contribution >= 0.6 is 11.8 Å². The Kier molecular flexibility index (Phi) is 4.99. The van der Waals surface area contributed by atoms with Crippen molar-refractivity contribution >= 4 is 27.9 Å². The smallest absolute Gasteiger partial charge is 0.322 e. The maximum Gasteiger partial charge on any atom is 0.322 e. The molecule has 3 atom stereocenters. The summed E-state index contributed by atoms with van der Waals surface area (Å²) in [7, 11) is -3.69. The SMILES string of the molecule is CCC1SCC(C(=O)O)N1S(=O)(=O)N1CCCC(C)C1. The second-order valence-corrected chi connectivity index (χ2v) is 8.54. The van der Waals surface area contributed by atoms with Crippen molar-refractivity contribution in [1.29, 1.82) is 0 Å². The highest BCUT2D eigenvalue weighted by molar-refractivity contribution is 8.01. The highest BCUT2D eigenvalue weighted by Crippen LogP contribution is 2.36. The van der Waals surface area contributed by atoms with E-state index in [1.165, 1.54) is 20.4 Å². The number of carboxylic acids is 1. The van der Waals surface area contributed by atoms with E-state index >= 15 is 0 Å². The lowest BCUT2D eigenvalue weighted by molar-refractivity contribution is -0.140. The second kappa shape index (κ2) is 6.21. The highest BCUT2D eigenvalue weighted by Gasteiger charge is 2.47. The molecule has 3 unspecified atom stereocenters. The molecule has 1 N–H and O–H groups in total. The van der Waals surface area contributed by atoms with Crippen LogP contribution in [-0.4, -0.2) is 58.4 Å². The summed E-state index contributed by atoms with van der Waals surface area (Å²) in [6, 6.07) is -0.938. The molecule has 2 rings (SSSR count). The van der Waals surface area contributed by atoms with E-state index in [1.807, 2.05) is 13.8 Å². The Morgan fingerprint density at radius 3 is 2.70 bits per heavy atom. The summed E-state index contributed by atoms with van der Waals surface area (Å²) in [4.78, 5) is 11.3. The lowest BCUT2D eigenvalue weighted by atomic mass is 10.0. The Hall–Kier alpha value is -0.310. The van der Waals surface area contributed by atoms with Gasteiger partial charge in [-0.1, -0.05) is 13.8 Å². The minimum absolute atomic E-state index is 0.265. The fraction of sp³-hybridized carbons (Fsp3) is 0.917. The van der Waals surface area contributed by atoms with Crippen LogP contribution in [-0.2, 0) is 15.0 Å². The van der Waals surface area contributed by atoms with Crippen LogP contribution in [0.5, 0.6) is 0 Å². The van der Waals surface area contributed by atoms with Gasteiger partial charge in [-0.25, -0.2) is 0 Å². The van der Waals surface area contributed by atoms with Crippen LogP contribution in [0.1, 0.15) is 33.1 Å². The van der Waals surface area contributed by atoms with Gasteiger partial charge >= 0.3 is 5.97 Å². The summed E-state index contributed by atoms with van der Waals surface area (Å²) in [5, 5.41) is 9.01. The zero-order valence-corrected chi connectivity index (χ0v) is 13.5. The summed E-state index contributed by atoms with van der Waals surface area (Å²) in [5.41, 5.74) is 0. The zero-order chi connectivity index (χ0) is 14.9. The van der Waals surface area contributed by atoms with E-state index < -0.39 is 22.2 Å². The van der Waals surface area contributed by atoms with Gasteiger partial charge in [0.2, 0.25) is 0 Å². The molecule has 116 valence electrons. The molecule has 0 amide bonds. The highest BCUT2D eigenvalue weighted by atomic mass is 32.2. The molecular weight excluding hydrogens is 300 g/mol. The zero-order valence-electron chi connectivity index (χ0n) is 11.9. The van der Waals surface area contributed by atoms with Crippen LogP contribution in [0.15, 0.2) is 0 Å². The second-order valence-electron chi connectivity index (χ2n) is 5.49. The van der Waals surface area contributed by atoms with Gasteiger partial charge in [-0.15, -0.1) is 11.8 Å². The van der Waals surface area contributed by atoms with E-state index in [0.29, 0.717) is 31.2 Å². The summed E-state index contributed by atoms with van der Waals surface area (Å²) < 4.78 is 28.3. The van der Waals surface area contributed by atoms with Crippen LogP contribution in [0.25, 0.3) is 0 Å². The molecule has 0 aromatic heterocycles. The van der Waals surface area contributed by atoms with Gasteiger partial charge in [-0.05, 0) is 25.2 Å². The fourth-order valence-electron chi connectivity index (χ4n) is 2.83. The van der Waals surface area contributed by atoms with Gasteiger partial charge in [-0.2, -0.15) is 17.0 Å². The predicted octanol–water partition coefficient (Wildman–Crippen LogP) is 1.20. The number of rotatable bonds is 4. The Morgan fingerprint density at radius 2 is 2.15 bits per heavy atom. The molecule has 2 heterocycles. The number of carbonyl (C=O) groups is 1. The number of nitrogens with zero attached hydrogens (tertiary/aromatic N) is 2. The molecule has 0 radical (unpaired) electrons. The van der Waals surface area contributed by atoms with Gasteiger partial charge < -0.3 is 5.11 Å². The van der Waals surface area contributed by atoms with Crippen LogP contribution < -0.4 is 0 Å². The van der Waals surface area contributed by atoms with Crippen molar-refractivity contribution in [1.82, 2.24) is 8.61 Å². The van der Waals surface area contributed by atoms with Gasteiger partial charge in [0.25, 0.3) is 10.2 Å². The minimum Gasteiger partial charge on any atom is -0.480 e. The van der Waals surface area contributed by atoms with Crippen molar-refractivity contribution in [2.24, 2.45) is 5.92 Å². The van der Waals surface area contributed by atoms with E-state index in [2.05, 4.69) is 0 Å². The topological polar surface area (TPSA) is 77.9 Å². The molecule has 8 heteroatoms. The molecule has 0 aliphatic carbocycles. The standard InChI is InChI=1S/C12H22N2O4S2/c1-3-11-14(10(8-19-11)12(15)16)20(17,18)13-6-4-5-9(2)7-13/h9-11H,3-8H2,1-2H3,(H,15,16). The largest absolute Gasteiger partial charge is 0.480 e. The first-order valence-electron chi connectivity index (χ1n) is 7.01. The average Bonchev–Trinajstić information content (AvgIpc) is 2.83. The lowest BCUT2D eigenvalue weighted by Gasteiger charge is -2.36. The van der Waals surface area contributed by atoms with Crippen molar-refractivity contribution in [2.45, 2.75) is 44.5 Å². The van der Waals surface area contributed by atoms with Gasteiger partial charge in [-0.3, -0.25) is 4.79 Å². The van der Waals surface area contributed by atoms with E-state index in [0.717, 1.165) is 12.8 Å². The predicted molar refractivity (Wildman–Crippen MR) is 78.7 cm³/mol. The summed E-state index contributed by atoms with van der Waals surface area (Å²) in [6.45, 7) is 4.92. The summed E-state index contributed by atoms with van der Waals surface area (Å²) >= 11 is 1.42. The minimum atomic E-state index is -3.69. The van der Waals surface area contributed by atoms with Crippen LogP contribution in [0.4, 0.5) is 0 Å². The van der Waals surface area contributed by atoms with Crippen LogP contribution in [0.3, 0.4) is 0 Å². The molecule has 2 aliphatic rings. The van der Waals surface area contributed by atoms with Crippen LogP contribution in [0, 0.1) is 5.92 Å². The number of hydrogen-bond acceptors (Lipinski definition) is 4. The number of piperidine rings is 1. The number of hydrogen-bond donors (Lipinski definition) is 1. The maximum absolute atomic E-state index is 12.8. The van der Waals surface area contributed by atoms with Gasteiger partial charge in [0.15, 0.2) is 0 Å². The molecule has 0 spiro atoms. The summed E-state index contributed by atoms with van der Waals surface area (Å²) in [5.74, 6) is -0.393. The molecule has 2 fully saturated rings. The lowest BCUT2D eigenvalue weighted by Crippen LogP contribution is -2.53. The van der Waals surface area contributed by atoms with E-state index in [1.54, 1.807) is 0 Å². The first-order chi connectivity index (χ1) is 9.37. The van der Waals surface area contributed by atoms with Gasteiger partial charge in [0, 0.05) is 18.8 Å². The Bertz CT molecular complexity index is 468. The van der Waals surface area contributed by atoms with Crippen molar-refractivity contribution < 1.29 is 18.3 Å². The van der Waals surface area contributed by atoms with E-state index in [9.17, 15) is 18.3 Å². The molecule has 0 aromatic carbocycles. The fourth-order valence-corrected chi connectivity index (χ4v) is 6.67. The van der Waals surface area contributed by atoms with Crippen molar-refractivity contribution in [3.8, 4) is 0 Å². The molecule has 2 aliphatic heterocycles. The van der Waals surface area contributed by atoms with Crippen molar-refractivity contribution in [2.75, 3.05) is 18.8 Å². The maximum atomic E-state index is 12.8. The van der Waals surface area contributed by atoms with Crippen LogP contribution in [0.2, 0.25) is 0 Å². The molecule has 2 saturated heterocycles. The van der Waals surface area contributed by atoms with Gasteiger partial charge in [0.1, 0.15) is 6.04 Å². The first kappa shape index (κ1) is 16.1.